The van der Waals surface area contributed by atoms with Crippen molar-refractivity contribution in [2.45, 2.75) is 38.6 Å². The molecule has 5 nitrogen and oxygen atoms in total. The molecular weight excluding hydrogens is 306 g/mol. The number of rotatable bonds is 5. The first-order valence-electron chi connectivity index (χ1n) is 7.22. The van der Waals surface area contributed by atoms with E-state index in [0.717, 1.165) is 11.3 Å². The Morgan fingerprint density at radius 2 is 2.18 bits per heavy atom. The van der Waals surface area contributed by atoms with E-state index in [4.69, 9.17) is 21.4 Å². The molecule has 22 heavy (non-hydrogen) atoms. The van der Waals surface area contributed by atoms with Crippen molar-refractivity contribution in [2.24, 2.45) is 5.92 Å². The lowest BCUT2D eigenvalue weighted by Crippen LogP contribution is -2.48. The summed E-state index contributed by atoms with van der Waals surface area (Å²) in [5, 5.41) is 12.3. The van der Waals surface area contributed by atoms with Gasteiger partial charge in [-0.05, 0) is 50.5 Å². The topological polar surface area (TPSA) is 75.6 Å². The van der Waals surface area contributed by atoms with E-state index < -0.39 is 11.5 Å². The van der Waals surface area contributed by atoms with Crippen LogP contribution in [0.15, 0.2) is 18.2 Å². The minimum Gasteiger partial charge on any atom is -0.492 e. The molecule has 0 saturated heterocycles. The van der Waals surface area contributed by atoms with Crippen LogP contribution in [-0.2, 0) is 16.0 Å². The maximum atomic E-state index is 12.4. The molecule has 1 heterocycles. The Balaban J connectivity index is 1.98. The summed E-state index contributed by atoms with van der Waals surface area (Å²) in [4.78, 5) is 23.0. The monoisotopic (exact) mass is 325 g/mol. The number of hydrogen-bond acceptors (Lipinski definition) is 3. The molecule has 2 N–H and O–H groups in total. The van der Waals surface area contributed by atoms with E-state index in [-0.39, 0.29) is 18.2 Å². The van der Waals surface area contributed by atoms with E-state index in [2.05, 4.69) is 5.32 Å². The van der Waals surface area contributed by atoms with Crippen molar-refractivity contribution in [1.29, 1.82) is 0 Å². The zero-order valence-corrected chi connectivity index (χ0v) is 13.4. The van der Waals surface area contributed by atoms with E-state index >= 15 is 0 Å². The van der Waals surface area contributed by atoms with Crippen molar-refractivity contribution >= 4 is 23.5 Å². The predicted molar refractivity (Wildman–Crippen MR) is 83.2 cm³/mol. The molecule has 1 unspecified atom stereocenters. The number of aliphatic carboxylic acids is 1. The Bertz CT molecular complexity index is 586. The highest BCUT2D eigenvalue weighted by molar-refractivity contribution is 6.30. The van der Waals surface area contributed by atoms with Gasteiger partial charge >= 0.3 is 5.97 Å². The average molecular weight is 326 g/mol. The SMILES string of the molecule is CC(C)(CCC(=O)O)NC(=O)C1COc2ccc(Cl)cc2C1. The van der Waals surface area contributed by atoms with Crippen LogP contribution in [0.25, 0.3) is 0 Å². The van der Waals surface area contributed by atoms with Crippen LogP contribution >= 0.6 is 11.6 Å². The van der Waals surface area contributed by atoms with Crippen LogP contribution in [0.4, 0.5) is 0 Å². The smallest absolute Gasteiger partial charge is 0.303 e. The molecule has 0 spiro atoms. The number of ether oxygens (including phenoxy) is 1. The lowest BCUT2D eigenvalue weighted by Gasteiger charge is -2.30. The Morgan fingerprint density at radius 1 is 1.45 bits per heavy atom. The van der Waals surface area contributed by atoms with Crippen LogP contribution in [0.2, 0.25) is 5.02 Å². The molecule has 1 atom stereocenters. The second-order valence-corrected chi connectivity index (χ2v) is 6.67. The normalized spacial score (nSPS) is 17.3. The van der Waals surface area contributed by atoms with Gasteiger partial charge in [0.05, 0.1) is 5.92 Å². The first-order valence-corrected chi connectivity index (χ1v) is 7.60. The number of halogens is 1. The van der Waals surface area contributed by atoms with Crippen molar-refractivity contribution in [3.05, 3.63) is 28.8 Å². The minimum atomic E-state index is -0.869. The van der Waals surface area contributed by atoms with Gasteiger partial charge in [0.15, 0.2) is 0 Å². The van der Waals surface area contributed by atoms with Gasteiger partial charge in [-0.3, -0.25) is 9.59 Å². The lowest BCUT2D eigenvalue weighted by molar-refractivity contribution is -0.138. The Labute approximate surface area is 134 Å². The zero-order valence-electron chi connectivity index (χ0n) is 12.7. The van der Waals surface area contributed by atoms with Crippen molar-refractivity contribution < 1.29 is 19.4 Å². The molecule has 0 aliphatic carbocycles. The summed E-state index contributed by atoms with van der Waals surface area (Å²) in [6.07, 6.45) is 0.966. The van der Waals surface area contributed by atoms with Crippen LogP contribution in [0.5, 0.6) is 5.75 Å². The largest absolute Gasteiger partial charge is 0.492 e. The second-order valence-electron chi connectivity index (χ2n) is 6.23. The number of amides is 1. The van der Waals surface area contributed by atoms with Gasteiger partial charge in [0, 0.05) is 17.0 Å². The summed E-state index contributed by atoms with van der Waals surface area (Å²) >= 11 is 5.97. The fraction of sp³-hybridized carbons (Fsp3) is 0.500. The standard InChI is InChI=1S/C16H20ClNO4/c1-16(2,6-5-14(19)20)18-15(21)11-7-10-8-12(17)3-4-13(10)22-9-11/h3-4,8,11H,5-7,9H2,1-2H3,(H,18,21)(H,19,20). The molecule has 120 valence electrons. The quantitative estimate of drug-likeness (QED) is 0.872. The summed E-state index contributed by atoms with van der Waals surface area (Å²) in [7, 11) is 0. The highest BCUT2D eigenvalue weighted by atomic mass is 35.5. The number of carboxylic acids is 1. The highest BCUT2D eigenvalue weighted by Crippen LogP contribution is 2.30. The van der Waals surface area contributed by atoms with Gasteiger partial charge in [-0.1, -0.05) is 11.6 Å². The van der Waals surface area contributed by atoms with Crippen molar-refractivity contribution in [3.8, 4) is 5.75 Å². The third-order valence-electron chi connectivity index (χ3n) is 3.73. The summed E-state index contributed by atoms with van der Waals surface area (Å²) in [5.41, 5.74) is 0.353. The molecule has 1 amide bonds. The first kappa shape index (κ1) is 16.6. The van der Waals surface area contributed by atoms with Gasteiger partial charge in [-0.15, -0.1) is 0 Å². The number of carbonyl (C=O) groups excluding carboxylic acids is 1. The zero-order chi connectivity index (χ0) is 16.3. The van der Waals surface area contributed by atoms with Crippen LogP contribution in [0, 0.1) is 5.92 Å². The molecule has 1 aromatic carbocycles. The van der Waals surface area contributed by atoms with E-state index in [1.165, 1.54) is 0 Å². The van der Waals surface area contributed by atoms with Crippen molar-refractivity contribution in [3.63, 3.8) is 0 Å². The average Bonchev–Trinajstić information content (AvgIpc) is 2.44. The summed E-state index contributed by atoms with van der Waals surface area (Å²) in [6.45, 7) is 3.96. The minimum absolute atomic E-state index is 0.0207. The van der Waals surface area contributed by atoms with E-state index in [1.54, 1.807) is 6.07 Å². The van der Waals surface area contributed by atoms with Crippen LogP contribution < -0.4 is 10.1 Å². The maximum Gasteiger partial charge on any atom is 0.303 e. The molecule has 0 radical (unpaired) electrons. The van der Waals surface area contributed by atoms with Gasteiger partial charge in [0.1, 0.15) is 12.4 Å². The fourth-order valence-corrected chi connectivity index (χ4v) is 2.64. The highest BCUT2D eigenvalue weighted by Gasteiger charge is 2.30. The molecule has 6 heteroatoms. The summed E-state index contributed by atoms with van der Waals surface area (Å²) in [6, 6.07) is 5.38. The van der Waals surface area contributed by atoms with Gasteiger partial charge in [-0.25, -0.2) is 0 Å². The number of benzene rings is 1. The molecule has 1 aliphatic heterocycles. The van der Waals surface area contributed by atoms with E-state index in [9.17, 15) is 9.59 Å². The van der Waals surface area contributed by atoms with Gasteiger partial charge < -0.3 is 15.2 Å². The van der Waals surface area contributed by atoms with Gasteiger partial charge in [0.2, 0.25) is 5.91 Å². The molecule has 0 saturated carbocycles. The van der Waals surface area contributed by atoms with Gasteiger partial charge in [-0.2, -0.15) is 0 Å². The van der Waals surface area contributed by atoms with Crippen LogP contribution in [0.3, 0.4) is 0 Å². The molecule has 1 aliphatic rings. The molecular formula is C16H20ClNO4. The molecule has 1 aromatic rings. The maximum absolute atomic E-state index is 12.4. The number of carboxylic acid groups (broad SMARTS) is 1. The van der Waals surface area contributed by atoms with Crippen molar-refractivity contribution in [2.75, 3.05) is 6.61 Å². The molecule has 0 bridgehead atoms. The van der Waals surface area contributed by atoms with Gasteiger partial charge in [0.25, 0.3) is 0 Å². The molecule has 0 aromatic heterocycles. The number of hydrogen-bond donors (Lipinski definition) is 2. The van der Waals surface area contributed by atoms with Crippen LogP contribution in [-0.4, -0.2) is 29.1 Å². The fourth-order valence-electron chi connectivity index (χ4n) is 2.45. The summed E-state index contributed by atoms with van der Waals surface area (Å²) in [5.74, 6) is -0.526. The third-order valence-corrected chi connectivity index (χ3v) is 3.96. The summed E-state index contributed by atoms with van der Waals surface area (Å²) < 4.78 is 5.61. The Morgan fingerprint density at radius 3 is 2.86 bits per heavy atom. The second kappa shape index (κ2) is 6.57. The molecule has 0 fully saturated rings. The van der Waals surface area contributed by atoms with Crippen LogP contribution in [0.1, 0.15) is 32.3 Å². The third kappa shape index (κ3) is 4.37. The molecule has 2 rings (SSSR count). The van der Waals surface area contributed by atoms with E-state index in [1.807, 2.05) is 26.0 Å². The Kier molecular flexibility index (Phi) is 4.96. The Hall–Kier alpha value is -1.75. The first-order chi connectivity index (χ1) is 10.3. The predicted octanol–water partition coefficient (Wildman–Crippen LogP) is 2.65. The van der Waals surface area contributed by atoms with E-state index in [0.29, 0.717) is 24.5 Å². The lowest BCUT2D eigenvalue weighted by atomic mass is 9.93. The number of fused-ring (bicyclic) bond motifs is 1. The van der Waals surface area contributed by atoms with Crippen molar-refractivity contribution in [1.82, 2.24) is 5.32 Å². The number of carbonyl (C=O) groups is 2. The number of nitrogens with one attached hydrogen (secondary N) is 1.